The number of carbonyl (C=O) groups excluding carboxylic acids is 3. The average Bonchev–Trinajstić information content (AvgIpc) is 2.79. The second kappa shape index (κ2) is 9.71. The quantitative estimate of drug-likeness (QED) is 0.457. The molecule has 158 valence electrons. The minimum atomic E-state index is -0.742. The first-order valence-corrected chi connectivity index (χ1v) is 9.71. The Morgan fingerprint density at radius 2 is 1.55 bits per heavy atom. The minimum Gasteiger partial charge on any atom is -0.497 e. The SMILES string of the molecule is COc1ccc(C(=O)c2ccccc2C(=O)OCC(=O)Nc2ccc(C)cc2C)cc1. The Kier molecular flexibility index (Phi) is 6.82. The van der Waals surface area contributed by atoms with E-state index in [9.17, 15) is 14.4 Å². The van der Waals surface area contributed by atoms with Crippen molar-refractivity contribution in [1.82, 2.24) is 0 Å². The van der Waals surface area contributed by atoms with Crippen LogP contribution >= 0.6 is 0 Å². The lowest BCUT2D eigenvalue weighted by molar-refractivity contribution is -0.119. The third kappa shape index (κ3) is 5.36. The third-order valence-corrected chi connectivity index (χ3v) is 4.73. The normalized spacial score (nSPS) is 10.3. The predicted molar refractivity (Wildman–Crippen MR) is 118 cm³/mol. The second-order valence-corrected chi connectivity index (χ2v) is 7.05. The lowest BCUT2D eigenvalue weighted by atomic mass is 9.98. The van der Waals surface area contributed by atoms with E-state index >= 15 is 0 Å². The van der Waals surface area contributed by atoms with Gasteiger partial charge in [-0.2, -0.15) is 0 Å². The number of esters is 1. The third-order valence-electron chi connectivity index (χ3n) is 4.73. The molecule has 1 N–H and O–H groups in total. The molecular weight excluding hydrogens is 394 g/mol. The van der Waals surface area contributed by atoms with Crippen LogP contribution in [0.25, 0.3) is 0 Å². The zero-order chi connectivity index (χ0) is 22.4. The number of hydrogen-bond donors (Lipinski definition) is 1. The van der Waals surface area contributed by atoms with E-state index in [2.05, 4.69) is 5.32 Å². The van der Waals surface area contributed by atoms with Crippen LogP contribution in [-0.2, 0) is 9.53 Å². The van der Waals surface area contributed by atoms with Gasteiger partial charge < -0.3 is 14.8 Å². The molecule has 0 unspecified atom stereocenters. The summed E-state index contributed by atoms with van der Waals surface area (Å²) in [4.78, 5) is 37.7. The molecule has 0 heterocycles. The summed E-state index contributed by atoms with van der Waals surface area (Å²) in [6.07, 6.45) is 0. The van der Waals surface area contributed by atoms with Crippen molar-refractivity contribution in [3.05, 3.63) is 94.5 Å². The number of methoxy groups -OCH3 is 1. The van der Waals surface area contributed by atoms with Gasteiger partial charge in [0.25, 0.3) is 5.91 Å². The first-order valence-electron chi connectivity index (χ1n) is 9.71. The van der Waals surface area contributed by atoms with Gasteiger partial charge in [-0.3, -0.25) is 9.59 Å². The smallest absolute Gasteiger partial charge is 0.339 e. The van der Waals surface area contributed by atoms with Gasteiger partial charge >= 0.3 is 5.97 Å². The van der Waals surface area contributed by atoms with Crippen molar-refractivity contribution >= 4 is 23.3 Å². The number of benzene rings is 3. The maximum Gasteiger partial charge on any atom is 0.339 e. The number of aryl methyl sites for hydroxylation is 2. The lowest BCUT2D eigenvalue weighted by Gasteiger charge is -2.11. The first-order chi connectivity index (χ1) is 14.9. The predicted octanol–water partition coefficient (Wildman–Crippen LogP) is 4.34. The fourth-order valence-electron chi connectivity index (χ4n) is 3.11. The molecule has 3 aromatic rings. The maximum atomic E-state index is 12.9. The zero-order valence-corrected chi connectivity index (χ0v) is 17.6. The summed E-state index contributed by atoms with van der Waals surface area (Å²) < 4.78 is 10.3. The molecule has 31 heavy (non-hydrogen) atoms. The molecule has 0 atom stereocenters. The number of amides is 1. The monoisotopic (exact) mass is 417 g/mol. The maximum absolute atomic E-state index is 12.9. The average molecular weight is 417 g/mol. The van der Waals surface area contributed by atoms with Gasteiger partial charge in [0.15, 0.2) is 12.4 Å². The standard InChI is InChI=1S/C25H23NO5/c1-16-8-13-22(17(2)14-16)26-23(27)15-31-25(29)21-7-5-4-6-20(21)24(28)18-9-11-19(30-3)12-10-18/h4-14H,15H2,1-3H3,(H,26,27). The lowest BCUT2D eigenvalue weighted by Crippen LogP contribution is -2.22. The molecular formula is C25H23NO5. The molecule has 0 spiro atoms. The highest BCUT2D eigenvalue weighted by atomic mass is 16.5. The number of rotatable bonds is 7. The van der Waals surface area contributed by atoms with E-state index in [4.69, 9.17) is 9.47 Å². The molecule has 0 aliphatic heterocycles. The van der Waals surface area contributed by atoms with E-state index in [0.29, 0.717) is 17.0 Å². The molecule has 0 aliphatic rings. The van der Waals surface area contributed by atoms with Crippen molar-refractivity contribution in [3.8, 4) is 5.75 Å². The molecule has 6 nitrogen and oxygen atoms in total. The van der Waals surface area contributed by atoms with Crippen LogP contribution in [0.15, 0.2) is 66.7 Å². The van der Waals surface area contributed by atoms with Crippen molar-refractivity contribution < 1.29 is 23.9 Å². The molecule has 0 radical (unpaired) electrons. The van der Waals surface area contributed by atoms with Crippen molar-refractivity contribution in [1.29, 1.82) is 0 Å². The largest absolute Gasteiger partial charge is 0.497 e. The van der Waals surface area contributed by atoms with Crippen LogP contribution in [0.5, 0.6) is 5.75 Å². The number of hydrogen-bond acceptors (Lipinski definition) is 5. The fraction of sp³-hybridized carbons (Fsp3) is 0.160. The Bertz CT molecular complexity index is 1120. The Balaban J connectivity index is 1.69. The Labute approximate surface area is 180 Å². The molecule has 0 saturated heterocycles. The summed E-state index contributed by atoms with van der Waals surface area (Å²) in [7, 11) is 1.54. The van der Waals surface area contributed by atoms with E-state index in [-0.39, 0.29) is 16.9 Å². The van der Waals surface area contributed by atoms with Crippen LogP contribution in [0.4, 0.5) is 5.69 Å². The second-order valence-electron chi connectivity index (χ2n) is 7.05. The highest BCUT2D eigenvalue weighted by Gasteiger charge is 2.20. The number of nitrogens with one attached hydrogen (secondary N) is 1. The Morgan fingerprint density at radius 3 is 2.19 bits per heavy atom. The van der Waals surface area contributed by atoms with Crippen molar-refractivity contribution in [3.63, 3.8) is 0 Å². The van der Waals surface area contributed by atoms with Crippen molar-refractivity contribution in [2.75, 3.05) is 19.0 Å². The van der Waals surface area contributed by atoms with Crippen molar-refractivity contribution in [2.45, 2.75) is 13.8 Å². The summed E-state index contributed by atoms with van der Waals surface area (Å²) in [5.74, 6) is -0.901. The van der Waals surface area contributed by atoms with Gasteiger partial charge in [-0.05, 0) is 55.8 Å². The molecule has 0 fully saturated rings. The van der Waals surface area contributed by atoms with E-state index < -0.39 is 18.5 Å². The minimum absolute atomic E-state index is 0.0997. The molecule has 1 amide bonds. The molecule has 0 aliphatic carbocycles. The number of ketones is 1. The number of ether oxygens (including phenoxy) is 2. The summed E-state index contributed by atoms with van der Waals surface area (Å²) in [5.41, 5.74) is 3.36. The van der Waals surface area contributed by atoms with Crippen LogP contribution < -0.4 is 10.1 Å². The van der Waals surface area contributed by atoms with E-state index in [1.807, 2.05) is 26.0 Å². The highest BCUT2D eigenvalue weighted by molar-refractivity contribution is 6.14. The van der Waals surface area contributed by atoms with E-state index in [1.165, 1.54) is 6.07 Å². The number of carbonyl (C=O) groups is 3. The zero-order valence-electron chi connectivity index (χ0n) is 17.6. The van der Waals surface area contributed by atoms with Gasteiger partial charge in [0, 0.05) is 16.8 Å². The molecule has 0 bridgehead atoms. The molecule has 0 saturated carbocycles. The topological polar surface area (TPSA) is 81.7 Å². The van der Waals surface area contributed by atoms with Crippen LogP contribution in [0, 0.1) is 13.8 Å². The number of anilines is 1. The molecule has 3 aromatic carbocycles. The highest BCUT2D eigenvalue weighted by Crippen LogP contribution is 2.19. The molecule has 3 rings (SSSR count). The van der Waals surface area contributed by atoms with Gasteiger partial charge in [-0.25, -0.2) is 4.79 Å². The van der Waals surface area contributed by atoms with Crippen LogP contribution in [0.1, 0.15) is 37.4 Å². The van der Waals surface area contributed by atoms with Crippen LogP contribution in [-0.4, -0.2) is 31.4 Å². The van der Waals surface area contributed by atoms with E-state index in [0.717, 1.165) is 11.1 Å². The van der Waals surface area contributed by atoms with Gasteiger partial charge in [-0.1, -0.05) is 35.9 Å². The molecule has 0 aromatic heterocycles. The Hall–Kier alpha value is -3.93. The van der Waals surface area contributed by atoms with Gasteiger partial charge in [-0.15, -0.1) is 0 Å². The van der Waals surface area contributed by atoms with E-state index in [1.54, 1.807) is 55.6 Å². The van der Waals surface area contributed by atoms with Gasteiger partial charge in [0.1, 0.15) is 5.75 Å². The van der Waals surface area contributed by atoms with Gasteiger partial charge in [0.05, 0.1) is 12.7 Å². The summed E-state index contributed by atoms with van der Waals surface area (Å²) in [5, 5.41) is 2.72. The summed E-state index contributed by atoms with van der Waals surface area (Å²) >= 11 is 0. The van der Waals surface area contributed by atoms with Gasteiger partial charge in [0.2, 0.25) is 0 Å². The van der Waals surface area contributed by atoms with Crippen LogP contribution in [0.2, 0.25) is 0 Å². The van der Waals surface area contributed by atoms with Crippen molar-refractivity contribution in [2.24, 2.45) is 0 Å². The fourth-order valence-corrected chi connectivity index (χ4v) is 3.11. The van der Waals surface area contributed by atoms with Crippen LogP contribution in [0.3, 0.4) is 0 Å². The Morgan fingerprint density at radius 1 is 0.871 bits per heavy atom. The summed E-state index contributed by atoms with van der Waals surface area (Å²) in [6, 6.07) is 18.6. The molecule has 6 heteroatoms. The summed E-state index contributed by atoms with van der Waals surface area (Å²) in [6.45, 7) is 3.39. The first kappa shape index (κ1) is 21.8.